The Morgan fingerprint density at radius 3 is 2.82 bits per heavy atom. The Kier molecular flexibility index (Phi) is 9.13. The van der Waals surface area contributed by atoms with Crippen molar-refractivity contribution in [3.8, 4) is 5.75 Å². The van der Waals surface area contributed by atoms with Gasteiger partial charge in [0.2, 0.25) is 11.8 Å². The number of rotatable bonds is 5. The zero-order valence-corrected chi connectivity index (χ0v) is 23.0. The second-order valence-electron chi connectivity index (χ2n) is 11.1. The van der Waals surface area contributed by atoms with E-state index in [4.69, 9.17) is 14.0 Å². The Morgan fingerprint density at radius 1 is 1.13 bits per heavy atom. The summed E-state index contributed by atoms with van der Waals surface area (Å²) in [5.41, 5.74) is 0.854. The Bertz CT molecular complexity index is 1110. The maximum absolute atomic E-state index is 13.5. The van der Waals surface area contributed by atoms with Gasteiger partial charge in [0.15, 0.2) is 5.82 Å². The van der Waals surface area contributed by atoms with Crippen LogP contribution in [0.1, 0.15) is 74.7 Å². The van der Waals surface area contributed by atoms with Gasteiger partial charge in [0.25, 0.3) is 5.89 Å². The SMILES string of the molecule is COCc1nc(C2CCCCN2C(=O)CN2CCC3(CCCCc4ccccc4OCCNC3=O)CC2)no1. The summed E-state index contributed by atoms with van der Waals surface area (Å²) in [7, 11) is 1.59. The van der Waals surface area contributed by atoms with E-state index in [-0.39, 0.29) is 29.9 Å². The fourth-order valence-electron chi connectivity index (χ4n) is 6.24. The molecule has 0 aliphatic carbocycles. The molecular formula is C29H41N5O5. The first kappa shape index (κ1) is 27.6. The Labute approximate surface area is 230 Å². The van der Waals surface area contributed by atoms with E-state index in [9.17, 15) is 9.59 Å². The van der Waals surface area contributed by atoms with Gasteiger partial charge < -0.3 is 24.2 Å². The van der Waals surface area contributed by atoms with Crippen LogP contribution in [0.25, 0.3) is 0 Å². The Balaban J connectivity index is 1.18. The Morgan fingerprint density at radius 2 is 1.97 bits per heavy atom. The zero-order chi connectivity index (χ0) is 27.1. The van der Waals surface area contributed by atoms with Crippen molar-refractivity contribution in [2.75, 3.05) is 46.4 Å². The fourth-order valence-corrected chi connectivity index (χ4v) is 6.24. The van der Waals surface area contributed by atoms with Crippen molar-refractivity contribution in [1.29, 1.82) is 0 Å². The molecule has 3 aliphatic rings. The predicted octanol–water partition coefficient (Wildman–Crippen LogP) is 3.27. The normalized spacial score (nSPS) is 22.7. The number of piperidine rings is 2. The number of nitrogens with zero attached hydrogens (tertiary/aromatic N) is 4. The van der Waals surface area contributed by atoms with Gasteiger partial charge in [-0.2, -0.15) is 4.98 Å². The first-order chi connectivity index (χ1) is 19.1. The van der Waals surface area contributed by atoms with Gasteiger partial charge in [-0.15, -0.1) is 0 Å². The first-order valence-corrected chi connectivity index (χ1v) is 14.4. The van der Waals surface area contributed by atoms with Crippen LogP contribution < -0.4 is 10.1 Å². The molecule has 1 N–H and O–H groups in total. The smallest absolute Gasteiger partial charge is 0.252 e. The van der Waals surface area contributed by atoms with Crippen LogP contribution >= 0.6 is 0 Å². The number of aromatic nitrogens is 2. The van der Waals surface area contributed by atoms with E-state index in [1.54, 1.807) is 7.11 Å². The molecule has 10 nitrogen and oxygen atoms in total. The summed E-state index contributed by atoms with van der Waals surface area (Å²) in [6.45, 7) is 3.73. The fraction of sp³-hybridized carbons (Fsp3) is 0.655. The number of likely N-dealkylation sites (tertiary alicyclic amines) is 2. The van der Waals surface area contributed by atoms with Crippen LogP contribution in [0.4, 0.5) is 0 Å². The summed E-state index contributed by atoms with van der Waals surface area (Å²) < 4.78 is 16.4. The summed E-state index contributed by atoms with van der Waals surface area (Å²) in [5, 5.41) is 7.28. The summed E-state index contributed by atoms with van der Waals surface area (Å²) in [5.74, 6) is 2.13. The highest BCUT2D eigenvalue weighted by Crippen LogP contribution is 2.38. The number of nitrogens with one attached hydrogen (secondary N) is 1. The average Bonchev–Trinajstić information content (AvgIpc) is 3.43. The van der Waals surface area contributed by atoms with Crippen molar-refractivity contribution < 1.29 is 23.6 Å². The molecular weight excluding hydrogens is 498 g/mol. The second kappa shape index (κ2) is 12.9. The highest BCUT2D eigenvalue weighted by Gasteiger charge is 2.41. The van der Waals surface area contributed by atoms with Crippen LogP contribution in [0.2, 0.25) is 0 Å². The molecule has 1 spiro atoms. The van der Waals surface area contributed by atoms with E-state index in [1.807, 2.05) is 17.0 Å². The largest absolute Gasteiger partial charge is 0.491 e. The van der Waals surface area contributed by atoms with E-state index in [0.717, 1.165) is 76.6 Å². The number of carbonyl (C=O) groups excluding carboxylic acids is 2. The lowest BCUT2D eigenvalue weighted by molar-refractivity contribution is -0.138. The lowest BCUT2D eigenvalue weighted by Crippen LogP contribution is -2.52. The topological polar surface area (TPSA) is 110 Å². The molecule has 1 unspecified atom stereocenters. The molecule has 39 heavy (non-hydrogen) atoms. The second-order valence-corrected chi connectivity index (χ2v) is 11.1. The number of fused-ring (bicyclic) bond motifs is 1. The van der Waals surface area contributed by atoms with Crippen molar-refractivity contribution in [3.63, 3.8) is 0 Å². The summed E-state index contributed by atoms with van der Waals surface area (Å²) in [6.07, 6.45) is 8.20. The monoisotopic (exact) mass is 539 g/mol. The third-order valence-corrected chi connectivity index (χ3v) is 8.50. The molecule has 0 bridgehead atoms. The lowest BCUT2D eigenvalue weighted by atomic mass is 9.73. The molecule has 2 amide bonds. The minimum Gasteiger partial charge on any atom is -0.491 e. The lowest BCUT2D eigenvalue weighted by Gasteiger charge is -2.42. The van der Waals surface area contributed by atoms with Gasteiger partial charge in [-0.1, -0.05) is 29.8 Å². The van der Waals surface area contributed by atoms with Gasteiger partial charge in [0.05, 0.1) is 24.5 Å². The number of hydrogen-bond donors (Lipinski definition) is 1. The average molecular weight is 540 g/mol. The molecule has 5 rings (SSSR count). The molecule has 1 aromatic carbocycles. The quantitative estimate of drug-likeness (QED) is 0.617. The molecule has 1 aromatic heterocycles. The van der Waals surface area contributed by atoms with Crippen molar-refractivity contribution in [3.05, 3.63) is 41.5 Å². The van der Waals surface area contributed by atoms with E-state index in [1.165, 1.54) is 5.56 Å². The van der Waals surface area contributed by atoms with Gasteiger partial charge >= 0.3 is 0 Å². The third-order valence-electron chi connectivity index (χ3n) is 8.50. The highest BCUT2D eigenvalue weighted by atomic mass is 16.5. The number of aryl methyl sites for hydroxylation is 1. The number of ether oxygens (including phenoxy) is 2. The number of carbonyl (C=O) groups is 2. The van der Waals surface area contributed by atoms with Crippen molar-refractivity contribution >= 4 is 11.8 Å². The molecule has 10 heteroatoms. The van der Waals surface area contributed by atoms with Gasteiger partial charge in [-0.3, -0.25) is 14.5 Å². The van der Waals surface area contributed by atoms with Gasteiger partial charge in [0, 0.05) is 13.7 Å². The molecule has 3 aliphatic heterocycles. The van der Waals surface area contributed by atoms with E-state index < -0.39 is 0 Å². The van der Waals surface area contributed by atoms with Crippen LogP contribution in [0.15, 0.2) is 28.8 Å². The predicted molar refractivity (Wildman–Crippen MR) is 144 cm³/mol. The molecule has 212 valence electrons. The number of hydrogen-bond acceptors (Lipinski definition) is 8. The van der Waals surface area contributed by atoms with Gasteiger partial charge in [-0.25, -0.2) is 0 Å². The van der Waals surface area contributed by atoms with Crippen molar-refractivity contribution in [1.82, 2.24) is 25.3 Å². The molecule has 0 saturated carbocycles. The molecule has 1 atom stereocenters. The van der Waals surface area contributed by atoms with Crippen LogP contribution in [0.5, 0.6) is 5.75 Å². The Hall–Kier alpha value is -2.98. The maximum Gasteiger partial charge on any atom is 0.252 e. The third kappa shape index (κ3) is 6.61. The number of methoxy groups -OCH3 is 1. The van der Waals surface area contributed by atoms with Gasteiger partial charge in [0.1, 0.15) is 19.0 Å². The molecule has 2 fully saturated rings. The molecule has 2 saturated heterocycles. The van der Waals surface area contributed by atoms with E-state index in [2.05, 4.69) is 32.5 Å². The van der Waals surface area contributed by atoms with Crippen molar-refractivity contribution in [2.45, 2.75) is 70.4 Å². The minimum absolute atomic E-state index is 0.0905. The van der Waals surface area contributed by atoms with Crippen LogP contribution in [0.3, 0.4) is 0 Å². The van der Waals surface area contributed by atoms with Crippen LogP contribution in [-0.2, 0) is 27.4 Å². The van der Waals surface area contributed by atoms with E-state index in [0.29, 0.717) is 38.0 Å². The molecule has 2 aromatic rings. The number of para-hydroxylation sites is 1. The summed E-state index contributed by atoms with van der Waals surface area (Å²) in [4.78, 5) is 35.4. The van der Waals surface area contributed by atoms with Crippen molar-refractivity contribution in [2.24, 2.45) is 5.41 Å². The summed E-state index contributed by atoms with van der Waals surface area (Å²) in [6, 6.07) is 8.03. The molecule has 4 heterocycles. The maximum atomic E-state index is 13.5. The van der Waals surface area contributed by atoms with Crippen LogP contribution in [0, 0.1) is 5.41 Å². The standard InChI is InChI=1S/C29H41N5O5/c1-37-21-25-31-27(32-39-25)23-10-5-7-16-34(23)26(35)20-33-17-13-29(14-18-33)12-6-4-9-22-8-2-3-11-24(22)38-19-15-30-28(29)36/h2-3,8,11,23H,4-7,9-10,12-21H2,1H3,(H,30,36). The number of amides is 2. The minimum atomic E-state index is -0.381. The zero-order valence-electron chi connectivity index (χ0n) is 23.0. The van der Waals surface area contributed by atoms with E-state index >= 15 is 0 Å². The van der Waals surface area contributed by atoms with Gasteiger partial charge in [-0.05, 0) is 76.1 Å². The first-order valence-electron chi connectivity index (χ1n) is 14.4. The summed E-state index contributed by atoms with van der Waals surface area (Å²) >= 11 is 0. The van der Waals surface area contributed by atoms with Crippen LogP contribution in [-0.4, -0.2) is 78.2 Å². The number of benzene rings is 1. The molecule has 0 radical (unpaired) electrons. The highest BCUT2D eigenvalue weighted by molar-refractivity contribution is 5.83.